The van der Waals surface area contributed by atoms with E-state index in [1.54, 1.807) is 6.21 Å². The highest BCUT2D eigenvalue weighted by Crippen LogP contribution is 2.36. The summed E-state index contributed by atoms with van der Waals surface area (Å²) in [7, 11) is 2.14. The second-order valence-electron chi connectivity index (χ2n) is 7.48. The Bertz CT molecular complexity index is 835. The summed E-state index contributed by atoms with van der Waals surface area (Å²) in [5.74, 6) is 0.0707. The fourth-order valence-electron chi connectivity index (χ4n) is 3.84. The molecule has 1 unspecified atom stereocenters. The van der Waals surface area contributed by atoms with Crippen LogP contribution < -0.4 is 16.8 Å². The van der Waals surface area contributed by atoms with E-state index >= 15 is 0 Å². The largest absolute Gasteiger partial charge is 0.383 e. The second-order valence-corrected chi connectivity index (χ2v) is 7.48. The molecule has 126 valence electrons. The number of fused-ring (bicyclic) bond motifs is 2. The van der Waals surface area contributed by atoms with Crippen LogP contribution in [0.4, 0.5) is 11.6 Å². The van der Waals surface area contributed by atoms with Crippen LogP contribution in [-0.2, 0) is 17.7 Å². The molecule has 2 aromatic rings. The molecule has 0 bridgehead atoms. The zero-order valence-electron chi connectivity index (χ0n) is 14.2. The highest BCUT2D eigenvalue weighted by molar-refractivity contribution is 5.94. The Labute approximate surface area is 141 Å². The predicted octanol–water partition coefficient (Wildman–Crippen LogP) is 1.33. The van der Waals surface area contributed by atoms with E-state index in [2.05, 4.69) is 64.5 Å². The van der Waals surface area contributed by atoms with E-state index < -0.39 is 5.79 Å². The number of hydrogen-bond acceptors (Lipinski definition) is 6. The number of aliphatic imine (C=N–C) groups is 1. The minimum Gasteiger partial charge on any atom is -0.383 e. The zero-order chi connectivity index (χ0) is 17.1. The van der Waals surface area contributed by atoms with Gasteiger partial charge in [0.2, 0.25) is 5.79 Å². The van der Waals surface area contributed by atoms with Gasteiger partial charge in [0, 0.05) is 30.3 Å². The molecular formula is C17H23N7. The molecule has 3 heterocycles. The molecule has 7 nitrogen and oxygen atoms in total. The molecule has 0 saturated carbocycles. The van der Waals surface area contributed by atoms with Gasteiger partial charge in [-0.25, -0.2) is 4.99 Å². The average Bonchev–Trinajstić information content (AvgIpc) is 2.86. The number of nitrogens with one attached hydrogen (secondary N) is 2. The number of benzene rings is 1. The SMILES string of the molecule is CN1Cc2cc(C3(N)N=Cc4c(n[nH]c4N)N3)ccc2C(C)(C)C1. The average molecular weight is 325 g/mol. The number of rotatable bonds is 1. The van der Waals surface area contributed by atoms with Crippen molar-refractivity contribution in [3.8, 4) is 0 Å². The third-order valence-electron chi connectivity index (χ3n) is 4.92. The first-order valence-electron chi connectivity index (χ1n) is 8.07. The summed E-state index contributed by atoms with van der Waals surface area (Å²) in [6.07, 6.45) is 1.68. The van der Waals surface area contributed by atoms with Crippen LogP contribution in [0.3, 0.4) is 0 Å². The molecule has 2 aliphatic rings. The Morgan fingerprint density at radius 3 is 2.88 bits per heavy atom. The predicted molar refractivity (Wildman–Crippen MR) is 95.9 cm³/mol. The van der Waals surface area contributed by atoms with Gasteiger partial charge < -0.3 is 16.0 Å². The Balaban J connectivity index is 1.75. The number of likely N-dealkylation sites (N-methyl/N-ethyl adjacent to an activating group) is 1. The van der Waals surface area contributed by atoms with E-state index in [-0.39, 0.29) is 5.41 Å². The number of nitrogens with two attached hydrogens (primary N) is 2. The van der Waals surface area contributed by atoms with Crippen LogP contribution >= 0.6 is 0 Å². The van der Waals surface area contributed by atoms with Crippen LogP contribution in [0, 0.1) is 0 Å². The van der Waals surface area contributed by atoms with Crippen molar-refractivity contribution < 1.29 is 0 Å². The number of aromatic amines is 1. The summed E-state index contributed by atoms with van der Waals surface area (Å²) in [5, 5.41) is 10.1. The van der Waals surface area contributed by atoms with Crippen molar-refractivity contribution in [2.24, 2.45) is 10.7 Å². The molecule has 0 aliphatic carbocycles. The molecule has 1 aromatic heterocycles. The van der Waals surface area contributed by atoms with Crippen molar-refractivity contribution in [3.63, 3.8) is 0 Å². The van der Waals surface area contributed by atoms with Crippen molar-refractivity contribution in [1.82, 2.24) is 15.1 Å². The summed E-state index contributed by atoms with van der Waals surface area (Å²) in [6.45, 7) is 6.50. The zero-order valence-corrected chi connectivity index (χ0v) is 14.2. The summed E-state index contributed by atoms with van der Waals surface area (Å²) in [4.78, 5) is 6.83. The lowest BCUT2D eigenvalue weighted by Crippen LogP contribution is -2.45. The van der Waals surface area contributed by atoms with E-state index in [0.29, 0.717) is 11.6 Å². The van der Waals surface area contributed by atoms with Crippen molar-refractivity contribution in [2.45, 2.75) is 31.6 Å². The molecule has 6 N–H and O–H groups in total. The van der Waals surface area contributed by atoms with Crippen molar-refractivity contribution >= 4 is 17.9 Å². The van der Waals surface area contributed by atoms with Gasteiger partial charge in [-0.05, 0) is 24.2 Å². The third kappa shape index (κ3) is 2.20. The standard InChI is InChI=1S/C17H23N7/c1-16(2)9-24(3)8-10-6-11(4-5-13(10)16)17(19)20-7-12-14(18)22-23-15(12)21-17/h4-7H,8-9,19H2,1-3H3,(H4,18,21,22,23). The van der Waals surface area contributed by atoms with E-state index in [1.165, 1.54) is 11.1 Å². The maximum absolute atomic E-state index is 6.52. The summed E-state index contributed by atoms with van der Waals surface area (Å²) >= 11 is 0. The first-order valence-corrected chi connectivity index (χ1v) is 8.07. The maximum Gasteiger partial charge on any atom is 0.210 e. The smallest absolute Gasteiger partial charge is 0.210 e. The fourth-order valence-corrected chi connectivity index (χ4v) is 3.84. The first kappa shape index (κ1) is 15.2. The third-order valence-corrected chi connectivity index (χ3v) is 4.92. The van der Waals surface area contributed by atoms with Gasteiger partial charge in [-0.15, -0.1) is 0 Å². The van der Waals surface area contributed by atoms with Gasteiger partial charge in [0.25, 0.3) is 0 Å². The van der Waals surface area contributed by atoms with E-state index in [1.807, 2.05) is 0 Å². The number of nitrogen functional groups attached to an aromatic ring is 1. The van der Waals surface area contributed by atoms with E-state index in [4.69, 9.17) is 11.5 Å². The lowest BCUT2D eigenvalue weighted by atomic mass is 9.77. The van der Waals surface area contributed by atoms with E-state index in [9.17, 15) is 0 Å². The molecule has 0 spiro atoms. The van der Waals surface area contributed by atoms with Gasteiger partial charge in [0.1, 0.15) is 5.82 Å². The molecule has 1 atom stereocenters. The number of anilines is 2. The molecule has 7 heteroatoms. The van der Waals surface area contributed by atoms with Crippen LogP contribution in [0.15, 0.2) is 23.2 Å². The Hall–Kier alpha value is -2.38. The quantitative estimate of drug-likeness (QED) is 0.632. The van der Waals surface area contributed by atoms with Gasteiger partial charge in [0.05, 0.1) is 5.56 Å². The first-order chi connectivity index (χ1) is 11.3. The van der Waals surface area contributed by atoms with Gasteiger partial charge in [-0.3, -0.25) is 10.8 Å². The summed E-state index contributed by atoms with van der Waals surface area (Å²) < 4.78 is 0. The normalized spacial score (nSPS) is 25.0. The fraction of sp³-hybridized carbons (Fsp3) is 0.412. The molecule has 24 heavy (non-hydrogen) atoms. The summed E-state index contributed by atoms with van der Waals surface area (Å²) in [5.41, 5.74) is 16.8. The molecule has 0 saturated heterocycles. The molecule has 1 aromatic carbocycles. The van der Waals surface area contributed by atoms with Crippen LogP contribution in [0.25, 0.3) is 0 Å². The summed E-state index contributed by atoms with van der Waals surface area (Å²) in [6, 6.07) is 6.38. The van der Waals surface area contributed by atoms with E-state index in [0.717, 1.165) is 24.2 Å². The molecule has 0 fully saturated rings. The van der Waals surface area contributed by atoms with Crippen molar-refractivity contribution in [3.05, 3.63) is 40.5 Å². The lowest BCUT2D eigenvalue weighted by molar-refractivity contribution is 0.235. The van der Waals surface area contributed by atoms with Crippen LogP contribution in [-0.4, -0.2) is 34.9 Å². The van der Waals surface area contributed by atoms with Crippen LogP contribution in [0.1, 0.15) is 36.1 Å². The molecule has 0 radical (unpaired) electrons. The minimum absolute atomic E-state index is 0.121. The van der Waals surface area contributed by atoms with Gasteiger partial charge in [-0.2, -0.15) is 5.10 Å². The Kier molecular flexibility index (Phi) is 3.04. The number of hydrogen-bond donors (Lipinski definition) is 4. The minimum atomic E-state index is -1.04. The molecular weight excluding hydrogens is 302 g/mol. The highest BCUT2D eigenvalue weighted by Gasteiger charge is 2.35. The maximum atomic E-state index is 6.52. The van der Waals surface area contributed by atoms with Gasteiger partial charge >= 0.3 is 0 Å². The van der Waals surface area contributed by atoms with Gasteiger partial charge in [0.15, 0.2) is 5.82 Å². The van der Waals surface area contributed by atoms with Crippen molar-refractivity contribution in [1.29, 1.82) is 0 Å². The highest BCUT2D eigenvalue weighted by atomic mass is 15.3. The second kappa shape index (κ2) is 4.81. The monoisotopic (exact) mass is 325 g/mol. The van der Waals surface area contributed by atoms with Crippen molar-refractivity contribution in [2.75, 3.05) is 24.6 Å². The number of aromatic nitrogens is 2. The molecule has 2 aliphatic heterocycles. The Morgan fingerprint density at radius 2 is 2.08 bits per heavy atom. The van der Waals surface area contributed by atoms with Gasteiger partial charge in [-0.1, -0.05) is 26.0 Å². The number of nitrogens with zero attached hydrogens (tertiary/aromatic N) is 3. The Morgan fingerprint density at radius 1 is 1.29 bits per heavy atom. The molecule has 4 rings (SSSR count). The molecule has 0 amide bonds. The van der Waals surface area contributed by atoms with Crippen LogP contribution in [0.5, 0.6) is 0 Å². The lowest BCUT2D eigenvalue weighted by Gasteiger charge is -2.39. The topological polar surface area (TPSA) is 108 Å². The van der Waals surface area contributed by atoms with Crippen LogP contribution in [0.2, 0.25) is 0 Å². The number of H-pyrrole nitrogens is 1.